The number of fused-ring (bicyclic) bond motifs is 1. The van der Waals surface area contributed by atoms with Crippen molar-refractivity contribution in [3.8, 4) is 0 Å². The van der Waals surface area contributed by atoms with Crippen LogP contribution in [0.25, 0.3) is 0 Å². The first-order chi connectivity index (χ1) is 13.0. The molecule has 3 heterocycles. The number of carbonyl (C=O) groups is 1. The topological polar surface area (TPSA) is 91.0 Å². The van der Waals surface area contributed by atoms with Crippen molar-refractivity contribution in [2.24, 2.45) is 7.05 Å². The van der Waals surface area contributed by atoms with Gasteiger partial charge in [-0.3, -0.25) is 14.3 Å². The Morgan fingerprint density at radius 2 is 2.00 bits per heavy atom. The van der Waals surface area contributed by atoms with Crippen LogP contribution in [0.2, 0.25) is 0 Å². The Kier molecular flexibility index (Phi) is 4.82. The zero-order chi connectivity index (χ0) is 19.0. The number of carbonyl (C=O) groups excluding carboxylic acids is 1. The van der Waals surface area contributed by atoms with E-state index < -0.39 is 0 Å². The molecular formula is C19H25N5O3. The fraction of sp³-hybridized carbons (Fsp3) is 0.579. The van der Waals surface area contributed by atoms with E-state index in [1.165, 1.54) is 0 Å². The van der Waals surface area contributed by atoms with E-state index in [4.69, 9.17) is 4.74 Å². The SMILES string of the molecule is Cc1cc(C(=O)NC2CCC(n3nc4c(cc3=O)COCC4)CC2)n(C)n1. The predicted octanol–water partition coefficient (Wildman–Crippen LogP) is 1.27. The Bertz CT molecular complexity index is 909. The van der Waals surface area contributed by atoms with Gasteiger partial charge in [-0.15, -0.1) is 0 Å². The molecule has 1 amide bonds. The molecule has 4 rings (SSSR count). The highest BCUT2D eigenvalue weighted by Gasteiger charge is 2.27. The number of ether oxygens (including phenoxy) is 1. The number of hydrogen-bond donors (Lipinski definition) is 1. The van der Waals surface area contributed by atoms with Crippen molar-refractivity contribution in [2.45, 2.75) is 57.7 Å². The average molecular weight is 371 g/mol. The fourth-order valence-corrected chi connectivity index (χ4v) is 4.04. The molecule has 0 radical (unpaired) electrons. The number of rotatable bonds is 3. The lowest BCUT2D eigenvalue weighted by Crippen LogP contribution is -2.40. The lowest BCUT2D eigenvalue weighted by molar-refractivity contribution is 0.0911. The maximum Gasteiger partial charge on any atom is 0.269 e. The number of nitrogens with zero attached hydrogens (tertiary/aromatic N) is 4. The maximum absolute atomic E-state index is 12.5. The van der Waals surface area contributed by atoms with Crippen molar-refractivity contribution in [3.63, 3.8) is 0 Å². The molecule has 0 unspecified atom stereocenters. The summed E-state index contributed by atoms with van der Waals surface area (Å²) in [6.45, 7) is 3.01. The first-order valence-corrected chi connectivity index (χ1v) is 9.52. The molecule has 1 N–H and O–H groups in total. The molecule has 2 aromatic heterocycles. The van der Waals surface area contributed by atoms with Gasteiger partial charge in [0.2, 0.25) is 0 Å². The Balaban J connectivity index is 1.40. The fourth-order valence-electron chi connectivity index (χ4n) is 4.04. The van der Waals surface area contributed by atoms with Gasteiger partial charge in [0.15, 0.2) is 0 Å². The highest BCUT2D eigenvalue weighted by Crippen LogP contribution is 2.27. The highest BCUT2D eigenvalue weighted by atomic mass is 16.5. The van der Waals surface area contributed by atoms with E-state index in [-0.39, 0.29) is 23.6 Å². The third-order valence-electron chi connectivity index (χ3n) is 5.48. The summed E-state index contributed by atoms with van der Waals surface area (Å²) in [6, 6.07) is 3.67. The molecule has 1 fully saturated rings. The summed E-state index contributed by atoms with van der Waals surface area (Å²) in [5.74, 6) is -0.0920. The monoisotopic (exact) mass is 371 g/mol. The zero-order valence-electron chi connectivity index (χ0n) is 15.8. The molecule has 2 aromatic rings. The van der Waals surface area contributed by atoms with Crippen molar-refractivity contribution in [1.82, 2.24) is 24.9 Å². The molecule has 0 aromatic carbocycles. The Morgan fingerprint density at radius 1 is 1.22 bits per heavy atom. The van der Waals surface area contributed by atoms with Crippen LogP contribution in [0.15, 0.2) is 16.9 Å². The van der Waals surface area contributed by atoms with E-state index in [9.17, 15) is 9.59 Å². The minimum atomic E-state index is -0.0920. The number of hydrogen-bond acceptors (Lipinski definition) is 5. The van der Waals surface area contributed by atoms with E-state index in [0.29, 0.717) is 18.9 Å². The van der Waals surface area contributed by atoms with Crippen LogP contribution in [0.3, 0.4) is 0 Å². The molecule has 1 aliphatic heterocycles. The summed E-state index contributed by atoms with van der Waals surface area (Å²) >= 11 is 0. The van der Waals surface area contributed by atoms with Crippen LogP contribution in [-0.2, 0) is 24.8 Å². The van der Waals surface area contributed by atoms with Crippen LogP contribution >= 0.6 is 0 Å². The third kappa shape index (κ3) is 3.66. The van der Waals surface area contributed by atoms with Crippen LogP contribution in [0.4, 0.5) is 0 Å². The highest BCUT2D eigenvalue weighted by molar-refractivity contribution is 5.92. The summed E-state index contributed by atoms with van der Waals surface area (Å²) in [5.41, 5.74) is 3.23. The first-order valence-electron chi connectivity index (χ1n) is 9.52. The average Bonchev–Trinajstić information content (AvgIpc) is 3.00. The van der Waals surface area contributed by atoms with E-state index in [2.05, 4.69) is 15.5 Å². The van der Waals surface area contributed by atoms with Crippen molar-refractivity contribution in [1.29, 1.82) is 0 Å². The molecule has 1 saturated carbocycles. The lowest BCUT2D eigenvalue weighted by atomic mass is 9.91. The Morgan fingerprint density at radius 3 is 2.70 bits per heavy atom. The molecule has 27 heavy (non-hydrogen) atoms. The summed E-state index contributed by atoms with van der Waals surface area (Å²) in [4.78, 5) is 24.9. The second kappa shape index (κ2) is 7.26. The molecule has 0 saturated heterocycles. The summed E-state index contributed by atoms with van der Waals surface area (Å²) in [5, 5.41) is 11.9. The number of aryl methyl sites for hydroxylation is 2. The van der Waals surface area contributed by atoms with Crippen LogP contribution in [0, 0.1) is 6.92 Å². The smallest absolute Gasteiger partial charge is 0.269 e. The quantitative estimate of drug-likeness (QED) is 0.877. The van der Waals surface area contributed by atoms with E-state index in [1.807, 2.05) is 6.92 Å². The van der Waals surface area contributed by atoms with Gasteiger partial charge in [0.25, 0.3) is 11.5 Å². The van der Waals surface area contributed by atoms with Crippen LogP contribution in [0.1, 0.15) is 59.2 Å². The van der Waals surface area contributed by atoms with E-state index in [1.54, 1.807) is 28.5 Å². The molecule has 2 aliphatic rings. The van der Waals surface area contributed by atoms with Gasteiger partial charge in [-0.25, -0.2) is 4.68 Å². The van der Waals surface area contributed by atoms with Gasteiger partial charge in [-0.05, 0) is 38.7 Å². The van der Waals surface area contributed by atoms with Crippen LogP contribution in [0.5, 0.6) is 0 Å². The van der Waals surface area contributed by atoms with Gasteiger partial charge in [0.1, 0.15) is 5.69 Å². The second-order valence-corrected chi connectivity index (χ2v) is 7.48. The second-order valence-electron chi connectivity index (χ2n) is 7.48. The summed E-state index contributed by atoms with van der Waals surface area (Å²) in [6.07, 6.45) is 4.09. The molecule has 144 valence electrons. The van der Waals surface area contributed by atoms with Gasteiger partial charge in [0, 0.05) is 31.1 Å². The molecule has 8 nitrogen and oxygen atoms in total. The normalized spacial score (nSPS) is 22.3. The van der Waals surface area contributed by atoms with Gasteiger partial charge in [0.05, 0.1) is 30.6 Å². The molecule has 1 aliphatic carbocycles. The minimum absolute atomic E-state index is 0.0582. The van der Waals surface area contributed by atoms with Gasteiger partial charge >= 0.3 is 0 Å². The van der Waals surface area contributed by atoms with Gasteiger partial charge in [-0.1, -0.05) is 0 Å². The Labute approximate surface area is 157 Å². The molecule has 0 bridgehead atoms. The molecule has 0 atom stereocenters. The lowest BCUT2D eigenvalue weighted by Gasteiger charge is -2.30. The van der Waals surface area contributed by atoms with Gasteiger partial charge in [-0.2, -0.15) is 10.2 Å². The standard InChI is InChI=1S/C19H25N5O3/c1-12-9-17(23(2)21-12)19(26)20-14-3-5-15(6-4-14)24-18(25)10-13-11-27-8-7-16(13)22-24/h9-10,14-15H,3-8,11H2,1-2H3,(H,20,26). The van der Waals surface area contributed by atoms with E-state index in [0.717, 1.165) is 49.1 Å². The molecule has 8 heteroatoms. The summed E-state index contributed by atoms with van der Waals surface area (Å²) in [7, 11) is 1.78. The largest absolute Gasteiger partial charge is 0.376 e. The molecule has 0 spiro atoms. The van der Waals surface area contributed by atoms with Crippen molar-refractivity contribution >= 4 is 5.91 Å². The number of amides is 1. The van der Waals surface area contributed by atoms with Crippen molar-refractivity contribution < 1.29 is 9.53 Å². The molecular weight excluding hydrogens is 346 g/mol. The number of aromatic nitrogens is 4. The first kappa shape index (κ1) is 17.9. The third-order valence-corrected chi connectivity index (χ3v) is 5.48. The minimum Gasteiger partial charge on any atom is -0.376 e. The van der Waals surface area contributed by atoms with Gasteiger partial charge < -0.3 is 10.1 Å². The number of nitrogens with one attached hydrogen (secondary N) is 1. The zero-order valence-corrected chi connectivity index (χ0v) is 15.8. The van der Waals surface area contributed by atoms with Crippen molar-refractivity contribution in [2.75, 3.05) is 6.61 Å². The van der Waals surface area contributed by atoms with Crippen LogP contribution in [-0.4, -0.2) is 38.1 Å². The Hall–Kier alpha value is -2.48. The maximum atomic E-state index is 12.5. The van der Waals surface area contributed by atoms with Crippen molar-refractivity contribution in [3.05, 3.63) is 45.1 Å². The summed E-state index contributed by atoms with van der Waals surface area (Å²) < 4.78 is 8.65. The van der Waals surface area contributed by atoms with E-state index >= 15 is 0 Å². The van der Waals surface area contributed by atoms with Crippen LogP contribution < -0.4 is 10.9 Å². The predicted molar refractivity (Wildman–Crippen MR) is 98.6 cm³/mol.